The van der Waals surface area contributed by atoms with Crippen LogP contribution in [0.5, 0.6) is 5.75 Å². The number of halogens is 5. The van der Waals surface area contributed by atoms with E-state index < -0.39 is 43.1 Å². The molecule has 0 atom stereocenters. The number of rotatable bonds is 12. The molecule has 0 N–H and O–H groups in total. The SMILES string of the molecule is CCCO[Si](OCCC)(OCCC)C(F)(F)N(F)C(=O)Oc1cccc(F)c1F. The van der Waals surface area contributed by atoms with Gasteiger partial charge in [0.2, 0.25) is 5.82 Å². The molecule has 0 saturated carbocycles. The number of alkyl halides is 2. The molecule has 0 fully saturated rings. The fourth-order valence-electron chi connectivity index (χ4n) is 2.03. The van der Waals surface area contributed by atoms with Crippen LogP contribution < -0.4 is 4.74 Å². The average Bonchev–Trinajstić information content (AvgIpc) is 2.70. The van der Waals surface area contributed by atoms with Crippen molar-refractivity contribution in [1.82, 2.24) is 5.12 Å². The second kappa shape index (κ2) is 11.4. The summed E-state index contributed by atoms with van der Waals surface area (Å²) >= 11 is 0. The van der Waals surface area contributed by atoms with E-state index in [0.717, 1.165) is 12.1 Å². The maximum atomic E-state index is 15.0. The quantitative estimate of drug-likeness (QED) is 0.196. The fraction of sp³-hybridized carbons (Fsp3) is 0.588. The smallest absolute Gasteiger partial charge is 0.405 e. The zero-order valence-electron chi connectivity index (χ0n) is 16.4. The molecule has 0 saturated heterocycles. The second-order valence-corrected chi connectivity index (χ2v) is 8.42. The Bertz CT molecular complexity index is 645. The molecule has 12 heteroatoms. The largest absolute Gasteiger partial charge is 0.603 e. The number of hydrogen-bond donors (Lipinski definition) is 0. The summed E-state index contributed by atoms with van der Waals surface area (Å²) < 4.78 is 90.9. The van der Waals surface area contributed by atoms with Crippen molar-refractivity contribution in [2.75, 3.05) is 19.8 Å². The fourth-order valence-corrected chi connectivity index (χ4v) is 4.55. The zero-order valence-corrected chi connectivity index (χ0v) is 17.4. The molecule has 0 spiro atoms. The topological polar surface area (TPSA) is 57.2 Å². The molecular formula is C17H24F5NO5Si. The van der Waals surface area contributed by atoms with Crippen molar-refractivity contribution >= 4 is 14.9 Å². The van der Waals surface area contributed by atoms with Crippen LogP contribution in [0.3, 0.4) is 0 Å². The number of carbonyl (C=O) groups excluding carboxylic acids is 1. The predicted octanol–water partition coefficient (Wildman–Crippen LogP) is 5.00. The van der Waals surface area contributed by atoms with Crippen LogP contribution in [0.25, 0.3) is 0 Å². The van der Waals surface area contributed by atoms with Crippen molar-refractivity contribution in [3.63, 3.8) is 0 Å². The molecule has 0 aliphatic rings. The average molecular weight is 445 g/mol. The van der Waals surface area contributed by atoms with Gasteiger partial charge in [-0.05, 0) is 31.4 Å². The van der Waals surface area contributed by atoms with E-state index in [1.165, 1.54) is 0 Å². The first-order valence-electron chi connectivity index (χ1n) is 9.08. The highest BCUT2D eigenvalue weighted by Crippen LogP contribution is 2.36. The molecule has 29 heavy (non-hydrogen) atoms. The van der Waals surface area contributed by atoms with Gasteiger partial charge in [0.25, 0.3) is 0 Å². The third-order valence-electron chi connectivity index (χ3n) is 3.38. The summed E-state index contributed by atoms with van der Waals surface area (Å²) in [7, 11) is -5.10. The van der Waals surface area contributed by atoms with Crippen molar-refractivity contribution in [1.29, 1.82) is 0 Å². The molecule has 0 aromatic heterocycles. The van der Waals surface area contributed by atoms with Crippen LogP contribution in [0.1, 0.15) is 40.0 Å². The van der Waals surface area contributed by atoms with Gasteiger partial charge in [-0.3, -0.25) is 0 Å². The molecule has 1 aromatic carbocycles. The lowest BCUT2D eigenvalue weighted by atomic mass is 10.3. The summed E-state index contributed by atoms with van der Waals surface area (Å²) in [4.78, 5) is 11.9. The molecule has 0 bridgehead atoms. The van der Waals surface area contributed by atoms with Crippen LogP contribution in [-0.4, -0.2) is 45.5 Å². The minimum atomic E-state index is -5.10. The van der Waals surface area contributed by atoms with Crippen molar-refractivity contribution < 1.29 is 44.9 Å². The Hall–Kier alpha value is -1.76. The summed E-state index contributed by atoms with van der Waals surface area (Å²) in [5.41, 5.74) is -4.69. The Morgan fingerprint density at radius 3 is 1.93 bits per heavy atom. The van der Waals surface area contributed by atoms with Gasteiger partial charge < -0.3 is 18.0 Å². The van der Waals surface area contributed by atoms with Gasteiger partial charge in [-0.2, -0.15) is 13.2 Å². The van der Waals surface area contributed by atoms with Gasteiger partial charge in [-0.1, -0.05) is 36.4 Å². The lowest BCUT2D eigenvalue weighted by Gasteiger charge is -2.36. The minimum absolute atomic E-state index is 0.239. The van der Waals surface area contributed by atoms with Crippen molar-refractivity contribution in [2.24, 2.45) is 0 Å². The van der Waals surface area contributed by atoms with Crippen LogP contribution in [0.4, 0.5) is 26.8 Å². The van der Waals surface area contributed by atoms with Gasteiger partial charge in [0, 0.05) is 19.8 Å². The Morgan fingerprint density at radius 2 is 1.48 bits per heavy atom. The normalized spacial score (nSPS) is 12.1. The lowest BCUT2D eigenvalue weighted by Crippen LogP contribution is -2.67. The molecule has 166 valence electrons. The molecule has 1 amide bonds. The van der Waals surface area contributed by atoms with E-state index in [1.807, 2.05) is 0 Å². The molecule has 0 radical (unpaired) electrons. The summed E-state index contributed by atoms with van der Waals surface area (Å²) in [6.07, 6.45) is -1.40. The predicted molar refractivity (Wildman–Crippen MR) is 94.8 cm³/mol. The highest BCUT2D eigenvalue weighted by atomic mass is 28.4. The van der Waals surface area contributed by atoms with Crippen molar-refractivity contribution in [3.05, 3.63) is 29.8 Å². The van der Waals surface area contributed by atoms with Gasteiger partial charge in [-0.15, -0.1) is 0 Å². The van der Waals surface area contributed by atoms with Gasteiger partial charge in [0.1, 0.15) is 0 Å². The Balaban J connectivity index is 3.19. The summed E-state index contributed by atoms with van der Waals surface area (Å²) in [5, 5.41) is -1.56. The maximum absolute atomic E-state index is 15.0. The number of amides is 1. The summed E-state index contributed by atoms with van der Waals surface area (Å²) in [5.74, 6) is -4.09. The highest BCUT2D eigenvalue weighted by Gasteiger charge is 2.71. The number of hydrogen-bond acceptors (Lipinski definition) is 5. The molecule has 6 nitrogen and oxygen atoms in total. The van der Waals surface area contributed by atoms with Crippen molar-refractivity contribution in [2.45, 2.75) is 45.7 Å². The van der Waals surface area contributed by atoms with Crippen LogP contribution in [0, 0.1) is 11.6 Å². The van der Waals surface area contributed by atoms with E-state index >= 15 is 8.78 Å². The Kier molecular flexibility index (Phi) is 9.96. The Labute approximate surface area is 166 Å². The van der Waals surface area contributed by atoms with Crippen LogP contribution >= 0.6 is 0 Å². The first-order chi connectivity index (χ1) is 13.7. The van der Waals surface area contributed by atoms with Crippen LogP contribution in [-0.2, 0) is 13.3 Å². The van der Waals surface area contributed by atoms with E-state index in [-0.39, 0.29) is 19.8 Å². The van der Waals surface area contributed by atoms with Gasteiger partial charge in [-0.25, -0.2) is 9.18 Å². The minimum Gasteiger partial charge on any atom is -0.405 e. The zero-order chi connectivity index (χ0) is 22.1. The standard InChI is InChI=1S/C17H24F5NO5Si/c1-4-10-25-29(26-11-5-2,27-12-6-3)17(20,21)23(22)16(24)28-14-9-7-8-13(18)15(14)19/h7-9H,4-6,10-12H2,1-3H3. The number of benzene rings is 1. The van der Waals surface area contributed by atoms with Gasteiger partial charge in [0.05, 0.1) is 0 Å². The molecule has 1 aromatic rings. The molecule has 0 unspecified atom stereocenters. The number of carbonyl (C=O) groups is 1. The first kappa shape index (κ1) is 25.3. The van der Waals surface area contributed by atoms with Gasteiger partial charge >= 0.3 is 20.6 Å². The van der Waals surface area contributed by atoms with E-state index in [0.29, 0.717) is 25.3 Å². The first-order valence-corrected chi connectivity index (χ1v) is 10.8. The van der Waals surface area contributed by atoms with E-state index in [4.69, 9.17) is 13.3 Å². The lowest BCUT2D eigenvalue weighted by molar-refractivity contribution is -0.199. The van der Waals surface area contributed by atoms with E-state index in [1.54, 1.807) is 20.8 Å². The van der Waals surface area contributed by atoms with Crippen LogP contribution in [0.15, 0.2) is 18.2 Å². The van der Waals surface area contributed by atoms with E-state index in [2.05, 4.69) is 4.74 Å². The summed E-state index contributed by atoms with van der Waals surface area (Å²) in [6.45, 7) is 4.17. The van der Waals surface area contributed by atoms with Crippen LogP contribution in [0.2, 0.25) is 0 Å². The van der Waals surface area contributed by atoms with Crippen molar-refractivity contribution in [3.8, 4) is 5.75 Å². The summed E-state index contributed by atoms with van der Waals surface area (Å²) in [6, 6.07) is 2.45. The van der Waals surface area contributed by atoms with Gasteiger partial charge in [0.15, 0.2) is 11.6 Å². The monoisotopic (exact) mass is 445 g/mol. The second-order valence-electron chi connectivity index (χ2n) is 5.84. The molecule has 0 aliphatic heterocycles. The molecular weight excluding hydrogens is 421 g/mol. The number of nitrogens with zero attached hydrogens (tertiary/aromatic N) is 1. The molecule has 1 rings (SSSR count). The Morgan fingerprint density at radius 1 is 1.00 bits per heavy atom. The molecule has 0 aliphatic carbocycles. The third-order valence-corrected chi connectivity index (χ3v) is 6.06. The molecule has 0 heterocycles. The number of ether oxygens (including phenoxy) is 1. The highest BCUT2D eigenvalue weighted by molar-refractivity contribution is 6.63. The maximum Gasteiger partial charge on any atom is 0.603 e. The van der Waals surface area contributed by atoms with E-state index in [9.17, 15) is 18.1 Å². The third kappa shape index (κ3) is 6.11.